The third kappa shape index (κ3) is 4.67. The van der Waals surface area contributed by atoms with E-state index in [2.05, 4.69) is 9.97 Å². The van der Waals surface area contributed by atoms with Crippen LogP contribution in [0.4, 0.5) is 4.39 Å². The zero-order valence-corrected chi connectivity index (χ0v) is 14.1. The Kier molecular flexibility index (Phi) is 9.11. The van der Waals surface area contributed by atoms with Crippen LogP contribution < -0.4 is 34.3 Å². The van der Waals surface area contributed by atoms with Crippen molar-refractivity contribution >= 4 is 6.29 Å². The minimum absolute atomic E-state index is 0. The van der Waals surface area contributed by atoms with Crippen molar-refractivity contribution in [2.75, 3.05) is 19.8 Å². The van der Waals surface area contributed by atoms with E-state index < -0.39 is 12.5 Å². The van der Waals surface area contributed by atoms with Gasteiger partial charge in [-0.05, 0) is 13.8 Å². The van der Waals surface area contributed by atoms with Crippen molar-refractivity contribution in [1.82, 2.24) is 9.97 Å². The third-order valence-corrected chi connectivity index (χ3v) is 2.53. The maximum atomic E-state index is 13.7. The number of nitrogens with zero attached hydrogens (tertiary/aromatic N) is 2. The van der Waals surface area contributed by atoms with Gasteiger partial charge in [-0.25, -0.2) is 11.3 Å². The van der Waals surface area contributed by atoms with Crippen molar-refractivity contribution in [3.8, 4) is 5.88 Å². The van der Waals surface area contributed by atoms with Crippen LogP contribution >= 0.6 is 0 Å². The molecule has 7 nitrogen and oxygen atoms in total. The summed E-state index contributed by atoms with van der Waals surface area (Å²) in [6.07, 6.45) is -1.53. The average molecular weight is 309 g/mol. The predicted octanol–water partition coefficient (Wildman–Crippen LogP) is -1.82. The molecule has 9 heteroatoms. The van der Waals surface area contributed by atoms with Crippen molar-refractivity contribution in [3.63, 3.8) is 0 Å². The standard InChI is InChI=1S/C12H14FN2O4.Na.H2O/c1-3-17-11-9(12-18-4-5-19-12)10(8(13)6-16)14-7(2)15-11;;/h8,12H,3-5H2,1-2H3;;1H2/q-1;+1;/p-1. The van der Waals surface area contributed by atoms with Gasteiger partial charge < -0.3 is 24.5 Å². The fourth-order valence-electron chi connectivity index (χ4n) is 1.82. The summed E-state index contributed by atoms with van der Waals surface area (Å²) in [5.41, 5.74) is 0.110. The molecule has 1 fully saturated rings. The second-order valence-corrected chi connectivity index (χ2v) is 3.86. The van der Waals surface area contributed by atoms with E-state index >= 15 is 0 Å². The Bertz CT molecular complexity index is 471. The average Bonchev–Trinajstić information content (AvgIpc) is 2.91. The Morgan fingerprint density at radius 1 is 1.43 bits per heavy atom. The third-order valence-electron chi connectivity index (χ3n) is 2.53. The fourth-order valence-corrected chi connectivity index (χ4v) is 1.82. The molecule has 1 aliphatic heterocycles. The smallest absolute Gasteiger partial charge is 0.870 e. The quantitative estimate of drug-likeness (QED) is 0.466. The summed E-state index contributed by atoms with van der Waals surface area (Å²) in [4.78, 5) is 18.6. The predicted molar refractivity (Wildman–Crippen MR) is 64.1 cm³/mol. The maximum Gasteiger partial charge on any atom is 1.00 e. The Morgan fingerprint density at radius 2 is 2.05 bits per heavy atom. The van der Waals surface area contributed by atoms with Gasteiger partial charge in [0.25, 0.3) is 0 Å². The Balaban J connectivity index is 0.00000200. The van der Waals surface area contributed by atoms with Gasteiger partial charge in [0.05, 0.1) is 31.1 Å². The van der Waals surface area contributed by atoms with Crippen LogP contribution in [0.1, 0.15) is 36.5 Å². The van der Waals surface area contributed by atoms with Gasteiger partial charge in [-0.15, -0.1) is 0 Å². The van der Waals surface area contributed by atoms with E-state index in [1.54, 1.807) is 13.8 Å². The molecule has 0 spiro atoms. The van der Waals surface area contributed by atoms with Gasteiger partial charge in [0.1, 0.15) is 5.82 Å². The van der Waals surface area contributed by atoms with E-state index in [1.165, 1.54) is 6.29 Å². The summed E-state index contributed by atoms with van der Waals surface area (Å²) in [6.45, 7) is 4.47. The van der Waals surface area contributed by atoms with Crippen LogP contribution in [0, 0.1) is 6.92 Å². The number of ether oxygens (including phenoxy) is 3. The van der Waals surface area contributed by atoms with E-state index in [0.717, 1.165) is 0 Å². The summed E-state index contributed by atoms with van der Waals surface area (Å²) in [7, 11) is 0. The molecular formula is C12H15FN2NaO5-. The molecule has 1 saturated heterocycles. The van der Waals surface area contributed by atoms with E-state index in [9.17, 15) is 9.18 Å². The van der Waals surface area contributed by atoms with Crippen LogP contribution in [0.15, 0.2) is 0 Å². The summed E-state index contributed by atoms with van der Waals surface area (Å²) in [5, 5.41) is 0. The Labute approximate surface area is 143 Å². The summed E-state index contributed by atoms with van der Waals surface area (Å²) in [5.74, 6) is 0.480. The van der Waals surface area contributed by atoms with Gasteiger partial charge in [0.2, 0.25) is 5.88 Å². The molecule has 0 aliphatic carbocycles. The Morgan fingerprint density at radius 3 is 2.57 bits per heavy atom. The fraction of sp³-hybridized carbons (Fsp3) is 0.583. The first-order valence-corrected chi connectivity index (χ1v) is 5.93. The van der Waals surface area contributed by atoms with Crippen LogP contribution in [-0.4, -0.2) is 41.6 Å². The second-order valence-electron chi connectivity index (χ2n) is 3.86. The SMILES string of the molecule is CCOc1nc(C)nc(C(F)[C-]=O)c1C1OCCO1.[Na+].[OH-]. The first-order chi connectivity index (χ1) is 9.17. The van der Waals surface area contributed by atoms with Crippen LogP contribution in [0.5, 0.6) is 5.88 Å². The zero-order valence-electron chi connectivity index (χ0n) is 12.1. The molecule has 0 radical (unpaired) electrons. The molecule has 112 valence electrons. The van der Waals surface area contributed by atoms with Crippen LogP contribution in [0.25, 0.3) is 0 Å². The van der Waals surface area contributed by atoms with E-state index in [-0.39, 0.29) is 52.2 Å². The van der Waals surface area contributed by atoms with Crippen molar-refractivity contribution < 1.29 is 58.4 Å². The number of hydrogen-bond acceptors (Lipinski definition) is 7. The minimum Gasteiger partial charge on any atom is -0.870 e. The normalized spacial score (nSPS) is 15.8. The molecular weight excluding hydrogens is 294 g/mol. The number of rotatable bonds is 5. The number of hydrogen-bond donors (Lipinski definition) is 0. The van der Waals surface area contributed by atoms with Gasteiger partial charge in [0.15, 0.2) is 6.29 Å². The maximum absolute atomic E-state index is 13.7. The number of alkyl halides is 1. The molecule has 1 N–H and O–H groups in total. The zero-order chi connectivity index (χ0) is 13.8. The number of carbonyl (C=O) groups excluding carboxylic acids is 1. The van der Waals surface area contributed by atoms with Crippen molar-refractivity contribution in [3.05, 3.63) is 17.1 Å². The monoisotopic (exact) mass is 309 g/mol. The second kappa shape index (κ2) is 9.39. The number of aryl methyl sites for hydroxylation is 1. The first kappa shape index (κ1) is 20.4. The largest absolute Gasteiger partial charge is 1.00 e. The molecule has 0 amide bonds. The molecule has 2 heterocycles. The number of halogens is 1. The summed E-state index contributed by atoms with van der Waals surface area (Å²) in [6, 6.07) is 0. The topological polar surface area (TPSA) is 101 Å². The molecule has 21 heavy (non-hydrogen) atoms. The van der Waals surface area contributed by atoms with Gasteiger partial charge in [-0.3, -0.25) is 4.39 Å². The van der Waals surface area contributed by atoms with Crippen molar-refractivity contribution in [1.29, 1.82) is 0 Å². The summed E-state index contributed by atoms with van der Waals surface area (Å²) < 4.78 is 29.7. The molecule has 2 rings (SSSR count). The molecule has 0 saturated carbocycles. The van der Waals surface area contributed by atoms with E-state index in [1.807, 2.05) is 0 Å². The minimum atomic E-state index is -1.98. The van der Waals surface area contributed by atoms with Gasteiger partial charge in [0, 0.05) is 6.17 Å². The molecule has 0 bridgehead atoms. The molecule has 1 aromatic heterocycles. The van der Waals surface area contributed by atoms with Gasteiger partial charge >= 0.3 is 29.6 Å². The van der Waals surface area contributed by atoms with Crippen molar-refractivity contribution in [2.24, 2.45) is 0 Å². The van der Waals surface area contributed by atoms with Crippen LogP contribution in [0.2, 0.25) is 0 Å². The van der Waals surface area contributed by atoms with Crippen LogP contribution in [-0.2, 0) is 14.3 Å². The van der Waals surface area contributed by atoms with Gasteiger partial charge in [-0.1, -0.05) is 0 Å². The molecule has 1 aromatic rings. The molecule has 0 aromatic carbocycles. The molecule has 1 aliphatic rings. The van der Waals surface area contributed by atoms with Gasteiger partial charge in [-0.2, -0.15) is 4.98 Å². The Hall–Kier alpha value is -0.640. The number of aromatic nitrogens is 2. The van der Waals surface area contributed by atoms with Crippen molar-refractivity contribution in [2.45, 2.75) is 26.3 Å². The van der Waals surface area contributed by atoms with E-state index in [4.69, 9.17) is 14.2 Å². The molecule has 1 atom stereocenters. The van der Waals surface area contributed by atoms with Crippen LogP contribution in [0.3, 0.4) is 0 Å². The summed E-state index contributed by atoms with van der Waals surface area (Å²) >= 11 is 0. The molecule has 1 unspecified atom stereocenters. The first-order valence-electron chi connectivity index (χ1n) is 5.93. The van der Waals surface area contributed by atoms with E-state index in [0.29, 0.717) is 25.6 Å².